The highest BCUT2D eigenvalue weighted by molar-refractivity contribution is 9.10. The van der Waals surface area contributed by atoms with Gasteiger partial charge in [0.05, 0.1) is 5.56 Å². The van der Waals surface area contributed by atoms with E-state index in [1.54, 1.807) is 24.3 Å². The highest BCUT2D eigenvalue weighted by Gasteiger charge is 2.31. The Labute approximate surface area is 153 Å². The van der Waals surface area contributed by atoms with Crippen LogP contribution in [0.2, 0.25) is 0 Å². The lowest BCUT2D eigenvalue weighted by Crippen LogP contribution is -2.19. The third-order valence-corrected chi connectivity index (χ3v) is 3.82. The largest absolute Gasteiger partial charge is 0.478 e. The van der Waals surface area contributed by atoms with Crippen molar-refractivity contribution in [3.63, 3.8) is 0 Å². The molecule has 0 saturated heterocycles. The Morgan fingerprint density at radius 2 is 1.96 bits per heavy atom. The van der Waals surface area contributed by atoms with Crippen molar-refractivity contribution in [3.05, 3.63) is 52.8 Å². The van der Waals surface area contributed by atoms with Gasteiger partial charge in [-0.25, -0.2) is 14.5 Å². The van der Waals surface area contributed by atoms with Crippen molar-refractivity contribution < 1.29 is 23.1 Å². The van der Waals surface area contributed by atoms with Crippen molar-refractivity contribution in [2.45, 2.75) is 12.7 Å². The first-order chi connectivity index (χ1) is 12.2. The Hall–Kier alpha value is -2.75. The summed E-state index contributed by atoms with van der Waals surface area (Å²) in [6.45, 7) is -1.33. The summed E-state index contributed by atoms with van der Waals surface area (Å²) in [6.07, 6.45) is -2.06. The molecule has 0 amide bonds. The maximum Gasteiger partial charge on any atom is 0.408 e. The summed E-state index contributed by atoms with van der Waals surface area (Å²) in [5.74, 6) is -1.24. The molecule has 2 heterocycles. The van der Waals surface area contributed by atoms with Gasteiger partial charge >= 0.3 is 12.1 Å². The van der Waals surface area contributed by atoms with E-state index in [2.05, 4.69) is 31.0 Å². The van der Waals surface area contributed by atoms with Gasteiger partial charge in [-0.3, -0.25) is 4.98 Å². The Kier molecular flexibility index (Phi) is 4.77. The van der Waals surface area contributed by atoms with Crippen LogP contribution in [-0.2, 0) is 6.54 Å². The average molecular weight is 427 g/mol. The predicted octanol–water partition coefficient (Wildman–Crippen LogP) is 4.03. The van der Waals surface area contributed by atoms with Gasteiger partial charge in [-0.15, -0.1) is 0 Å². The molecule has 0 fully saturated rings. The Morgan fingerprint density at radius 3 is 2.62 bits per heavy atom. The summed E-state index contributed by atoms with van der Waals surface area (Å²) in [6, 6.07) is 7.88. The highest BCUT2D eigenvalue weighted by Crippen LogP contribution is 2.27. The van der Waals surface area contributed by atoms with Gasteiger partial charge in [0.15, 0.2) is 11.6 Å². The van der Waals surface area contributed by atoms with Gasteiger partial charge < -0.3 is 5.11 Å². The van der Waals surface area contributed by atoms with E-state index >= 15 is 0 Å². The lowest BCUT2D eigenvalue weighted by atomic mass is 10.2. The number of nitrogens with zero attached hydrogens (tertiary/aromatic N) is 4. The molecular weight excluding hydrogens is 417 g/mol. The molecule has 3 aromatic rings. The van der Waals surface area contributed by atoms with Gasteiger partial charge in [0, 0.05) is 28.0 Å². The average Bonchev–Trinajstić information content (AvgIpc) is 2.97. The number of alkyl halides is 3. The molecule has 0 bridgehead atoms. The first-order valence-electron chi connectivity index (χ1n) is 7.19. The molecule has 3 rings (SSSR count). The third kappa shape index (κ3) is 4.07. The molecule has 134 valence electrons. The van der Waals surface area contributed by atoms with E-state index in [0.29, 0.717) is 10.0 Å². The van der Waals surface area contributed by atoms with Crippen molar-refractivity contribution >= 4 is 21.9 Å². The highest BCUT2D eigenvalue weighted by atomic mass is 79.9. The van der Waals surface area contributed by atoms with Gasteiger partial charge in [-0.2, -0.15) is 18.3 Å². The Bertz CT molecular complexity index is 972. The maximum atomic E-state index is 12.9. The van der Waals surface area contributed by atoms with Crippen molar-refractivity contribution in [2.24, 2.45) is 0 Å². The van der Waals surface area contributed by atoms with Crippen molar-refractivity contribution in [1.29, 1.82) is 0 Å². The second kappa shape index (κ2) is 6.87. The molecule has 1 aromatic carbocycles. The van der Waals surface area contributed by atoms with Crippen LogP contribution in [0.5, 0.6) is 0 Å². The monoisotopic (exact) mass is 426 g/mol. The van der Waals surface area contributed by atoms with Gasteiger partial charge in [-0.1, -0.05) is 28.1 Å². The topological polar surface area (TPSA) is 80.9 Å². The number of carbonyl (C=O) groups is 1. The number of halogens is 4. The number of carboxylic acids is 1. The molecule has 0 aliphatic carbocycles. The summed E-state index contributed by atoms with van der Waals surface area (Å²) >= 11 is 3.27. The van der Waals surface area contributed by atoms with Crippen LogP contribution in [0.4, 0.5) is 13.2 Å². The summed E-state index contributed by atoms with van der Waals surface area (Å²) in [5, 5.41) is 12.9. The molecule has 26 heavy (non-hydrogen) atoms. The van der Waals surface area contributed by atoms with Crippen LogP contribution in [0.3, 0.4) is 0 Å². The number of carboxylic acid groups (broad SMARTS) is 1. The number of hydrogen-bond donors (Lipinski definition) is 1. The molecule has 0 aliphatic rings. The minimum Gasteiger partial charge on any atom is -0.478 e. The maximum absolute atomic E-state index is 12.9. The number of pyridine rings is 1. The Balaban J connectivity index is 2.12. The molecule has 0 unspecified atom stereocenters. The molecule has 6 nitrogen and oxygen atoms in total. The quantitative estimate of drug-likeness (QED) is 0.680. The summed E-state index contributed by atoms with van der Waals surface area (Å²) in [4.78, 5) is 19.0. The second-order valence-electron chi connectivity index (χ2n) is 5.31. The predicted molar refractivity (Wildman–Crippen MR) is 89.4 cm³/mol. The standard InChI is InChI=1S/C16H10BrF3N4O2/c17-12-3-1-2-9(5-12)14-22-13(23-24(14)8-16(18,19)20)10-4-11(15(25)26)7-21-6-10/h1-7H,8H2,(H,25,26). The molecule has 0 aliphatic heterocycles. The molecule has 0 atom stereocenters. The zero-order valence-electron chi connectivity index (χ0n) is 12.9. The third-order valence-electron chi connectivity index (χ3n) is 3.33. The van der Waals surface area contributed by atoms with Gasteiger partial charge in [0.1, 0.15) is 6.54 Å². The van der Waals surface area contributed by atoms with E-state index in [0.717, 1.165) is 10.9 Å². The zero-order valence-corrected chi connectivity index (χ0v) is 14.5. The number of rotatable bonds is 4. The number of hydrogen-bond acceptors (Lipinski definition) is 4. The number of benzene rings is 1. The normalized spacial score (nSPS) is 11.5. The van der Waals surface area contributed by atoms with E-state index in [4.69, 9.17) is 5.11 Å². The molecule has 2 aromatic heterocycles. The van der Waals surface area contributed by atoms with E-state index < -0.39 is 18.7 Å². The van der Waals surface area contributed by atoms with Crippen LogP contribution >= 0.6 is 15.9 Å². The Morgan fingerprint density at radius 1 is 1.19 bits per heavy atom. The van der Waals surface area contributed by atoms with E-state index in [9.17, 15) is 18.0 Å². The second-order valence-corrected chi connectivity index (χ2v) is 6.23. The van der Waals surface area contributed by atoms with Crippen molar-refractivity contribution in [2.75, 3.05) is 0 Å². The van der Waals surface area contributed by atoms with E-state index in [1.165, 1.54) is 12.3 Å². The van der Waals surface area contributed by atoms with Crippen LogP contribution in [0.15, 0.2) is 47.2 Å². The van der Waals surface area contributed by atoms with E-state index in [-0.39, 0.29) is 22.8 Å². The minimum atomic E-state index is -4.49. The molecule has 1 N–H and O–H groups in total. The SMILES string of the molecule is O=C(O)c1cncc(-c2nc(-c3cccc(Br)c3)n(CC(F)(F)F)n2)c1. The molecule has 0 spiro atoms. The number of aromatic nitrogens is 4. The summed E-state index contributed by atoms with van der Waals surface area (Å²) in [7, 11) is 0. The lowest BCUT2D eigenvalue weighted by molar-refractivity contribution is -0.142. The fourth-order valence-corrected chi connectivity index (χ4v) is 2.66. The summed E-state index contributed by atoms with van der Waals surface area (Å²) < 4.78 is 40.1. The molecular formula is C16H10BrF3N4O2. The van der Waals surface area contributed by atoms with Gasteiger partial charge in [-0.05, 0) is 18.2 Å². The van der Waals surface area contributed by atoms with Crippen LogP contribution in [-0.4, -0.2) is 37.0 Å². The lowest BCUT2D eigenvalue weighted by Gasteiger charge is -2.09. The van der Waals surface area contributed by atoms with Crippen LogP contribution < -0.4 is 0 Å². The van der Waals surface area contributed by atoms with Gasteiger partial charge in [0.2, 0.25) is 0 Å². The number of aromatic carboxylic acids is 1. The van der Waals surface area contributed by atoms with Crippen molar-refractivity contribution in [3.8, 4) is 22.8 Å². The smallest absolute Gasteiger partial charge is 0.408 e. The molecule has 10 heteroatoms. The fraction of sp³-hybridized carbons (Fsp3) is 0.125. The fourth-order valence-electron chi connectivity index (χ4n) is 2.26. The molecule has 0 radical (unpaired) electrons. The first-order valence-corrected chi connectivity index (χ1v) is 7.98. The van der Waals surface area contributed by atoms with Crippen LogP contribution in [0, 0.1) is 0 Å². The van der Waals surface area contributed by atoms with E-state index in [1.807, 2.05) is 0 Å². The minimum absolute atomic E-state index is 0.0133. The van der Waals surface area contributed by atoms with Crippen LogP contribution in [0.25, 0.3) is 22.8 Å². The van der Waals surface area contributed by atoms with Crippen molar-refractivity contribution in [1.82, 2.24) is 19.7 Å². The summed E-state index contributed by atoms with van der Waals surface area (Å²) in [5.41, 5.74) is 0.533. The first kappa shape index (κ1) is 18.1. The van der Waals surface area contributed by atoms with Crippen LogP contribution in [0.1, 0.15) is 10.4 Å². The zero-order chi connectivity index (χ0) is 18.9. The van der Waals surface area contributed by atoms with Gasteiger partial charge in [0.25, 0.3) is 0 Å². The molecule has 0 saturated carbocycles.